The van der Waals surface area contributed by atoms with Gasteiger partial charge in [-0.15, -0.1) is 11.3 Å². The van der Waals surface area contributed by atoms with Crippen molar-refractivity contribution in [2.75, 3.05) is 0 Å². The highest BCUT2D eigenvalue weighted by Gasteiger charge is 2.18. The lowest BCUT2D eigenvalue weighted by Gasteiger charge is -2.14. The summed E-state index contributed by atoms with van der Waals surface area (Å²) in [4.78, 5) is 20.2. The molecule has 220 valence electrons. The van der Waals surface area contributed by atoms with E-state index in [0.29, 0.717) is 17.5 Å². The number of nitrogens with zero attached hydrogens (tertiary/aromatic N) is 4. The molecule has 4 nitrogen and oxygen atoms in total. The topological polar surface area (TPSA) is 51.6 Å². The van der Waals surface area contributed by atoms with Gasteiger partial charge in [-0.25, -0.2) is 19.9 Å². The molecule has 9 aromatic rings. The molecule has 0 aliphatic carbocycles. The van der Waals surface area contributed by atoms with Gasteiger partial charge in [0.2, 0.25) is 0 Å². The van der Waals surface area contributed by atoms with Crippen LogP contribution in [0.3, 0.4) is 0 Å². The van der Waals surface area contributed by atoms with Crippen molar-refractivity contribution in [3.63, 3.8) is 0 Å². The average molecular weight is 619 g/mol. The normalized spacial score (nSPS) is 11.4. The molecule has 0 bridgehead atoms. The Kier molecular flexibility index (Phi) is 6.61. The summed E-state index contributed by atoms with van der Waals surface area (Å²) in [6.07, 6.45) is 0. The molecule has 0 saturated heterocycles. The van der Waals surface area contributed by atoms with E-state index in [1.165, 1.54) is 20.9 Å². The number of hydrogen-bond donors (Lipinski definition) is 0. The maximum atomic E-state index is 5.16. The third-order valence-electron chi connectivity index (χ3n) is 8.53. The van der Waals surface area contributed by atoms with Crippen LogP contribution in [0.5, 0.6) is 0 Å². The van der Waals surface area contributed by atoms with Gasteiger partial charge < -0.3 is 0 Å². The summed E-state index contributed by atoms with van der Waals surface area (Å²) in [5.74, 6) is 1.93. The summed E-state index contributed by atoms with van der Waals surface area (Å²) in [5, 5.41) is 5.70. The van der Waals surface area contributed by atoms with E-state index in [4.69, 9.17) is 19.9 Å². The third kappa shape index (κ3) is 4.94. The molecule has 0 aliphatic rings. The van der Waals surface area contributed by atoms with Crippen LogP contribution in [0.15, 0.2) is 158 Å². The average Bonchev–Trinajstić information content (AvgIpc) is 3.60. The fraction of sp³-hybridized carbons (Fsp3) is 0. The molecule has 0 amide bonds. The second-order valence-electron chi connectivity index (χ2n) is 11.5. The van der Waals surface area contributed by atoms with Crippen molar-refractivity contribution in [2.45, 2.75) is 0 Å². The van der Waals surface area contributed by atoms with Gasteiger partial charge >= 0.3 is 0 Å². The summed E-state index contributed by atoms with van der Waals surface area (Å²) in [5.41, 5.74) is 7.21. The molecule has 5 heteroatoms. The molecule has 2 aromatic heterocycles. The van der Waals surface area contributed by atoms with Crippen LogP contribution in [0.1, 0.15) is 0 Å². The van der Waals surface area contributed by atoms with Crippen molar-refractivity contribution < 1.29 is 0 Å². The largest absolute Gasteiger partial charge is 0.236 e. The minimum atomic E-state index is 0.634. The van der Waals surface area contributed by atoms with Gasteiger partial charge in [-0.2, -0.15) is 0 Å². The Morgan fingerprint density at radius 1 is 0.362 bits per heavy atom. The molecule has 9 rings (SSSR count). The van der Waals surface area contributed by atoms with E-state index in [-0.39, 0.29) is 0 Å². The predicted octanol–water partition coefficient (Wildman–Crippen LogP) is 11.1. The fourth-order valence-electron chi connectivity index (χ4n) is 6.28. The van der Waals surface area contributed by atoms with Gasteiger partial charge in [0.1, 0.15) is 5.01 Å². The highest BCUT2D eigenvalue weighted by atomic mass is 32.1. The maximum absolute atomic E-state index is 5.16. The number of benzene rings is 7. The van der Waals surface area contributed by atoms with Gasteiger partial charge in [-0.1, -0.05) is 140 Å². The highest BCUT2D eigenvalue weighted by Crippen LogP contribution is 2.43. The van der Waals surface area contributed by atoms with Crippen LogP contribution < -0.4 is 0 Å². The van der Waals surface area contributed by atoms with E-state index in [1.807, 2.05) is 66.7 Å². The lowest BCUT2D eigenvalue weighted by Crippen LogP contribution is -2.00. The van der Waals surface area contributed by atoms with Crippen molar-refractivity contribution in [1.29, 1.82) is 0 Å². The van der Waals surface area contributed by atoms with Crippen LogP contribution in [-0.2, 0) is 0 Å². The maximum Gasteiger partial charge on any atom is 0.164 e. The molecule has 0 N–H and O–H groups in total. The highest BCUT2D eigenvalue weighted by molar-refractivity contribution is 7.22. The first-order chi connectivity index (χ1) is 23.3. The molecule has 0 unspecified atom stereocenters. The first kappa shape index (κ1) is 27.3. The first-order valence-corrected chi connectivity index (χ1v) is 16.4. The quantitative estimate of drug-likeness (QED) is 0.193. The molecule has 47 heavy (non-hydrogen) atoms. The Morgan fingerprint density at radius 2 is 0.851 bits per heavy atom. The van der Waals surface area contributed by atoms with Crippen LogP contribution in [0, 0.1) is 0 Å². The lowest BCUT2D eigenvalue weighted by molar-refractivity contribution is 1.07. The Balaban J connectivity index is 1.30. The molecule has 0 atom stereocenters. The lowest BCUT2D eigenvalue weighted by atomic mass is 9.91. The van der Waals surface area contributed by atoms with Gasteiger partial charge in [0, 0.05) is 27.6 Å². The Labute approximate surface area is 275 Å². The van der Waals surface area contributed by atoms with Gasteiger partial charge in [0.05, 0.1) is 10.2 Å². The van der Waals surface area contributed by atoms with Crippen LogP contribution in [-0.4, -0.2) is 19.9 Å². The molecule has 0 radical (unpaired) electrons. The molecule has 2 heterocycles. The smallest absolute Gasteiger partial charge is 0.164 e. The minimum Gasteiger partial charge on any atom is -0.236 e. The van der Waals surface area contributed by atoms with E-state index < -0.39 is 0 Å². The summed E-state index contributed by atoms with van der Waals surface area (Å²) in [6, 6.07) is 54.5. The van der Waals surface area contributed by atoms with Gasteiger partial charge in [-0.3, -0.25) is 0 Å². The molecular formula is C42H26N4S. The number of aromatic nitrogens is 4. The minimum absolute atomic E-state index is 0.634. The van der Waals surface area contributed by atoms with Crippen LogP contribution in [0.2, 0.25) is 0 Å². The Hall–Kier alpha value is -6.04. The second kappa shape index (κ2) is 11.4. The van der Waals surface area contributed by atoms with Crippen LogP contribution in [0.4, 0.5) is 0 Å². The zero-order chi connectivity index (χ0) is 31.2. The van der Waals surface area contributed by atoms with Crippen molar-refractivity contribution in [3.05, 3.63) is 158 Å². The molecule has 0 saturated carbocycles. The van der Waals surface area contributed by atoms with Crippen molar-refractivity contribution in [3.8, 4) is 55.9 Å². The SMILES string of the molecule is c1ccc(-c2nc(-c3ccccc3)nc(-c3cc(-c4cc5nc(-c6ccccc6)sc5c5ccccc45)c4ccccc4c3)n2)cc1. The van der Waals surface area contributed by atoms with E-state index in [2.05, 4.69) is 91.0 Å². The van der Waals surface area contributed by atoms with E-state index in [0.717, 1.165) is 49.3 Å². The first-order valence-electron chi connectivity index (χ1n) is 15.6. The standard InChI is InChI=1S/C42H26N4S/c1-4-14-27(15-5-1)39-44-40(28-16-6-2-7-17-28)46-41(45-39)31-24-30-20-10-11-21-32(30)35(25-31)36-26-37-38(34-23-13-12-22-33(34)36)47-42(43-37)29-18-8-3-9-19-29/h1-26H. The Bertz CT molecular complexity index is 2500. The molecule has 7 aromatic carbocycles. The molecular weight excluding hydrogens is 593 g/mol. The molecule has 0 spiro atoms. The fourth-order valence-corrected chi connectivity index (χ4v) is 7.37. The number of rotatable bonds is 5. The van der Waals surface area contributed by atoms with Crippen LogP contribution in [0.25, 0.3) is 87.6 Å². The number of thiazole rings is 1. The van der Waals surface area contributed by atoms with Gasteiger partial charge in [0.25, 0.3) is 0 Å². The van der Waals surface area contributed by atoms with Crippen LogP contribution >= 0.6 is 11.3 Å². The van der Waals surface area contributed by atoms with Crippen molar-refractivity contribution >= 4 is 43.1 Å². The summed E-state index contributed by atoms with van der Waals surface area (Å²) < 4.78 is 1.20. The molecule has 0 fully saturated rings. The predicted molar refractivity (Wildman–Crippen MR) is 195 cm³/mol. The second-order valence-corrected chi connectivity index (χ2v) is 12.5. The van der Waals surface area contributed by atoms with Gasteiger partial charge in [-0.05, 0) is 45.5 Å². The zero-order valence-electron chi connectivity index (χ0n) is 25.2. The summed E-state index contributed by atoms with van der Waals surface area (Å²) in [7, 11) is 0. The van der Waals surface area contributed by atoms with Crippen molar-refractivity contribution in [1.82, 2.24) is 19.9 Å². The number of hydrogen-bond acceptors (Lipinski definition) is 5. The van der Waals surface area contributed by atoms with Crippen molar-refractivity contribution in [2.24, 2.45) is 0 Å². The monoisotopic (exact) mass is 618 g/mol. The third-order valence-corrected chi connectivity index (χ3v) is 9.68. The Morgan fingerprint density at radius 3 is 1.49 bits per heavy atom. The van der Waals surface area contributed by atoms with E-state index in [9.17, 15) is 0 Å². The summed E-state index contributed by atoms with van der Waals surface area (Å²) >= 11 is 1.75. The summed E-state index contributed by atoms with van der Waals surface area (Å²) in [6.45, 7) is 0. The zero-order valence-corrected chi connectivity index (χ0v) is 26.0. The number of fused-ring (bicyclic) bond motifs is 4. The molecule has 0 aliphatic heterocycles. The van der Waals surface area contributed by atoms with Gasteiger partial charge in [0.15, 0.2) is 17.5 Å². The van der Waals surface area contributed by atoms with E-state index in [1.54, 1.807) is 11.3 Å². The van der Waals surface area contributed by atoms with E-state index >= 15 is 0 Å².